The number of ether oxygens (including phenoxy) is 1. The van der Waals surface area contributed by atoms with Crippen LogP contribution in [0.3, 0.4) is 0 Å². The van der Waals surface area contributed by atoms with E-state index in [-0.39, 0.29) is 0 Å². The maximum atomic E-state index is 5.66. The third-order valence-electron chi connectivity index (χ3n) is 5.67. The fourth-order valence-electron chi connectivity index (χ4n) is 4.24. The number of rotatable bonds is 5. The highest BCUT2D eigenvalue weighted by Crippen LogP contribution is 2.38. The van der Waals surface area contributed by atoms with Gasteiger partial charge in [0, 0.05) is 50.0 Å². The zero-order valence-electron chi connectivity index (χ0n) is 16.3. The van der Waals surface area contributed by atoms with Crippen LogP contribution in [0.4, 0.5) is 0 Å². The molecule has 6 nitrogen and oxygen atoms in total. The Morgan fingerprint density at radius 3 is 2.76 bits per heavy atom. The highest BCUT2D eigenvalue weighted by atomic mass is 16.5. The van der Waals surface area contributed by atoms with Crippen LogP contribution < -0.4 is 5.32 Å². The Labute approximate surface area is 151 Å². The number of hydrogen-bond donors (Lipinski definition) is 1. The molecule has 0 aromatic carbocycles. The Morgan fingerprint density at radius 1 is 1.28 bits per heavy atom. The van der Waals surface area contributed by atoms with Crippen molar-refractivity contribution in [1.29, 1.82) is 0 Å². The van der Waals surface area contributed by atoms with Crippen LogP contribution in [0.1, 0.15) is 50.6 Å². The number of nitrogens with zero attached hydrogens (tertiary/aromatic N) is 4. The lowest BCUT2D eigenvalue weighted by Gasteiger charge is -2.25. The number of aryl methyl sites for hydroxylation is 2. The van der Waals surface area contributed by atoms with Gasteiger partial charge in [0.05, 0.1) is 18.8 Å². The lowest BCUT2D eigenvalue weighted by molar-refractivity contribution is 0.156. The number of likely N-dealkylation sites (tertiary alicyclic amines) is 1. The molecule has 0 bridgehead atoms. The molecule has 0 aliphatic carbocycles. The molecule has 3 heterocycles. The van der Waals surface area contributed by atoms with Gasteiger partial charge in [-0.05, 0) is 32.6 Å². The first-order valence-corrected chi connectivity index (χ1v) is 9.77. The Balaban J connectivity index is 1.77. The summed E-state index contributed by atoms with van der Waals surface area (Å²) in [6, 6.07) is 0. The third-order valence-corrected chi connectivity index (χ3v) is 5.67. The van der Waals surface area contributed by atoms with Gasteiger partial charge in [0.1, 0.15) is 0 Å². The summed E-state index contributed by atoms with van der Waals surface area (Å²) in [5.41, 5.74) is 4.15. The molecule has 2 aliphatic heterocycles. The largest absolute Gasteiger partial charge is 0.381 e. The van der Waals surface area contributed by atoms with Gasteiger partial charge >= 0.3 is 0 Å². The van der Waals surface area contributed by atoms with E-state index in [0.29, 0.717) is 12.0 Å². The van der Waals surface area contributed by atoms with Crippen LogP contribution in [-0.4, -0.2) is 53.5 Å². The predicted molar refractivity (Wildman–Crippen MR) is 101 cm³/mol. The van der Waals surface area contributed by atoms with Gasteiger partial charge in [0.15, 0.2) is 5.96 Å². The van der Waals surface area contributed by atoms with Gasteiger partial charge < -0.3 is 15.0 Å². The SMILES string of the molecule is CCNC(=NCc1c(CC)nn(C)c1CC)N1CCC2(CCOC2)C1. The van der Waals surface area contributed by atoms with Crippen molar-refractivity contribution in [3.05, 3.63) is 17.0 Å². The standard InChI is InChI=1S/C19H33N5O/c1-5-16-15(17(6-2)23(4)22-16)12-21-18(20-7-3)24-10-8-19(13-24)9-11-25-14-19/h5-14H2,1-4H3,(H,20,21). The first kappa shape index (κ1) is 18.2. The van der Waals surface area contributed by atoms with E-state index >= 15 is 0 Å². The average molecular weight is 348 g/mol. The molecular weight excluding hydrogens is 314 g/mol. The molecule has 2 saturated heterocycles. The fourth-order valence-corrected chi connectivity index (χ4v) is 4.24. The van der Waals surface area contributed by atoms with Crippen molar-refractivity contribution in [1.82, 2.24) is 20.0 Å². The minimum Gasteiger partial charge on any atom is -0.381 e. The minimum absolute atomic E-state index is 0.355. The van der Waals surface area contributed by atoms with Gasteiger partial charge in [-0.2, -0.15) is 5.10 Å². The number of aromatic nitrogens is 2. The smallest absolute Gasteiger partial charge is 0.194 e. The summed E-state index contributed by atoms with van der Waals surface area (Å²) < 4.78 is 7.69. The number of aliphatic imine (C=N–C) groups is 1. The van der Waals surface area contributed by atoms with Crippen molar-refractivity contribution in [3.8, 4) is 0 Å². The second kappa shape index (κ2) is 7.77. The molecule has 1 spiro atoms. The van der Waals surface area contributed by atoms with Crippen LogP contribution in [0.25, 0.3) is 0 Å². The Bertz CT molecular complexity index is 616. The van der Waals surface area contributed by atoms with E-state index in [1.807, 2.05) is 11.7 Å². The van der Waals surface area contributed by atoms with Gasteiger partial charge in [0.2, 0.25) is 0 Å². The van der Waals surface area contributed by atoms with Gasteiger partial charge in [-0.1, -0.05) is 13.8 Å². The van der Waals surface area contributed by atoms with E-state index in [1.165, 1.54) is 29.8 Å². The van der Waals surface area contributed by atoms with E-state index < -0.39 is 0 Å². The van der Waals surface area contributed by atoms with Crippen LogP contribution in [-0.2, 0) is 31.2 Å². The lowest BCUT2D eigenvalue weighted by atomic mass is 9.87. The molecule has 25 heavy (non-hydrogen) atoms. The lowest BCUT2D eigenvalue weighted by Crippen LogP contribution is -2.41. The second-order valence-corrected chi connectivity index (χ2v) is 7.35. The molecule has 1 aromatic rings. The molecule has 0 saturated carbocycles. The molecule has 1 N–H and O–H groups in total. The molecule has 3 rings (SSSR count). The summed E-state index contributed by atoms with van der Waals surface area (Å²) in [5.74, 6) is 1.04. The van der Waals surface area contributed by atoms with E-state index in [1.54, 1.807) is 0 Å². The van der Waals surface area contributed by atoms with Gasteiger partial charge in [0.25, 0.3) is 0 Å². The van der Waals surface area contributed by atoms with E-state index in [9.17, 15) is 0 Å². The van der Waals surface area contributed by atoms with Gasteiger partial charge in [-0.15, -0.1) is 0 Å². The molecule has 2 fully saturated rings. The maximum Gasteiger partial charge on any atom is 0.194 e. The third kappa shape index (κ3) is 3.68. The highest BCUT2D eigenvalue weighted by molar-refractivity contribution is 5.80. The van der Waals surface area contributed by atoms with Crippen molar-refractivity contribution in [2.45, 2.75) is 53.0 Å². The summed E-state index contributed by atoms with van der Waals surface area (Å²) in [7, 11) is 2.04. The summed E-state index contributed by atoms with van der Waals surface area (Å²) in [6.45, 7) is 12.1. The second-order valence-electron chi connectivity index (χ2n) is 7.35. The Kier molecular flexibility index (Phi) is 5.67. The van der Waals surface area contributed by atoms with Crippen molar-refractivity contribution >= 4 is 5.96 Å². The molecule has 2 aliphatic rings. The fraction of sp³-hybridized carbons (Fsp3) is 0.789. The van der Waals surface area contributed by atoms with Gasteiger partial charge in [-0.3, -0.25) is 4.68 Å². The zero-order valence-corrected chi connectivity index (χ0v) is 16.3. The molecule has 0 radical (unpaired) electrons. The summed E-state index contributed by atoms with van der Waals surface area (Å²) in [4.78, 5) is 7.41. The monoisotopic (exact) mass is 347 g/mol. The zero-order chi connectivity index (χ0) is 17.9. The number of nitrogens with one attached hydrogen (secondary N) is 1. The molecule has 0 amide bonds. The highest BCUT2D eigenvalue weighted by Gasteiger charge is 2.42. The molecule has 1 aromatic heterocycles. The van der Waals surface area contributed by atoms with Crippen LogP contribution in [0, 0.1) is 5.41 Å². The maximum absolute atomic E-state index is 5.66. The van der Waals surface area contributed by atoms with Crippen LogP contribution >= 0.6 is 0 Å². The summed E-state index contributed by atoms with van der Waals surface area (Å²) in [6.07, 6.45) is 4.35. The normalized spacial score (nSPS) is 23.8. The Hall–Kier alpha value is -1.56. The van der Waals surface area contributed by atoms with Crippen molar-refractivity contribution in [2.75, 3.05) is 32.8 Å². The predicted octanol–water partition coefficient (Wildman–Crippen LogP) is 2.12. The summed E-state index contributed by atoms with van der Waals surface area (Å²) >= 11 is 0. The van der Waals surface area contributed by atoms with Crippen molar-refractivity contribution in [3.63, 3.8) is 0 Å². The van der Waals surface area contributed by atoms with Crippen LogP contribution in [0.5, 0.6) is 0 Å². The minimum atomic E-state index is 0.355. The van der Waals surface area contributed by atoms with E-state index in [0.717, 1.165) is 51.6 Å². The molecular formula is C19H33N5O. The number of guanidine groups is 1. The topological polar surface area (TPSA) is 54.7 Å². The van der Waals surface area contributed by atoms with Crippen molar-refractivity contribution in [2.24, 2.45) is 17.5 Å². The van der Waals surface area contributed by atoms with Crippen molar-refractivity contribution < 1.29 is 4.74 Å². The number of hydrogen-bond acceptors (Lipinski definition) is 3. The summed E-state index contributed by atoms with van der Waals surface area (Å²) in [5, 5.41) is 8.17. The van der Waals surface area contributed by atoms with Gasteiger partial charge in [-0.25, -0.2) is 4.99 Å². The Morgan fingerprint density at radius 2 is 2.12 bits per heavy atom. The molecule has 140 valence electrons. The first-order chi connectivity index (χ1) is 12.1. The molecule has 1 atom stereocenters. The first-order valence-electron chi connectivity index (χ1n) is 9.77. The van der Waals surface area contributed by atoms with E-state index in [4.69, 9.17) is 9.73 Å². The van der Waals surface area contributed by atoms with Crippen LogP contribution in [0.15, 0.2) is 4.99 Å². The molecule has 6 heteroatoms. The quantitative estimate of drug-likeness (QED) is 0.655. The van der Waals surface area contributed by atoms with E-state index in [2.05, 4.69) is 36.1 Å². The molecule has 1 unspecified atom stereocenters. The van der Waals surface area contributed by atoms with Crippen LogP contribution in [0.2, 0.25) is 0 Å². The average Bonchev–Trinajstić information content (AvgIpc) is 3.32.